The van der Waals surface area contributed by atoms with Crippen LogP contribution in [0.5, 0.6) is 5.75 Å². The van der Waals surface area contributed by atoms with Gasteiger partial charge in [0.1, 0.15) is 23.3 Å². The maximum atomic E-state index is 13.4. The van der Waals surface area contributed by atoms with Crippen molar-refractivity contribution in [2.45, 2.75) is 31.2 Å². The van der Waals surface area contributed by atoms with Gasteiger partial charge in [-0.2, -0.15) is 4.98 Å². The first-order valence-electron chi connectivity index (χ1n) is 12.7. The Labute approximate surface area is 238 Å². The van der Waals surface area contributed by atoms with Crippen LogP contribution < -0.4 is 19.3 Å². The van der Waals surface area contributed by atoms with Crippen molar-refractivity contribution in [2.75, 3.05) is 48.8 Å². The Bertz CT molecular complexity index is 1460. The van der Waals surface area contributed by atoms with Crippen molar-refractivity contribution in [2.24, 2.45) is 0 Å². The molecule has 2 aromatic carbocycles. The lowest BCUT2D eigenvalue weighted by Crippen LogP contribution is -2.35. The molecular formula is C27H33FN6O6S. The van der Waals surface area contributed by atoms with Crippen LogP contribution in [0.4, 0.5) is 26.6 Å². The number of carboxylic acids is 1. The van der Waals surface area contributed by atoms with Crippen molar-refractivity contribution in [1.82, 2.24) is 14.9 Å². The lowest BCUT2D eigenvalue weighted by Gasteiger charge is -2.26. The van der Waals surface area contributed by atoms with Gasteiger partial charge >= 0.3 is 12.1 Å². The minimum atomic E-state index is -4.17. The molecule has 0 fully saturated rings. The Hall–Kier alpha value is -4.46. The van der Waals surface area contributed by atoms with Crippen LogP contribution in [0.25, 0.3) is 0 Å². The van der Waals surface area contributed by atoms with Gasteiger partial charge in [-0.15, -0.1) is 0 Å². The van der Waals surface area contributed by atoms with Crippen LogP contribution in [0.15, 0.2) is 59.6 Å². The molecule has 1 heterocycles. The van der Waals surface area contributed by atoms with Crippen LogP contribution in [-0.2, 0) is 21.2 Å². The second-order valence-electron chi connectivity index (χ2n) is 9.15. The molecule has 12 nitrogen and oxygen atoms in total. The van der Waals surface area contributed by atoms with E-state index in [1.54, 1.807) is 38.4 Å². The van der Waals surface area contributed by atoms with Gasteiger partial charge in [0.15, 0.2) is 5.82 Å². The van der Waals surface area contributed by atoms with Crippen LogP contribution in [0.2, 0.25) is 0 Å². The summed E-state index contributed by atoms with van der Waals surface area (Å²) in [6.07, 6.45) is 0.745. The lowest BCUT2D eigenvalue weighted by molar-refractivity contribution is -0.137. The molecule has 0 saturated carbocycles. The van der Waals surface area contributed by atoms with Crippen LogP contribution in [0, 0.1) is 5.82 Å². The molecule has 3 aromatic rings. The third-order valence-electron chi connectivity index (χ3n) is 6.16. The number of sulfonamides is 1. The Kier molecular flexibility index (Phi) is 10.1. The average molecular weight is 589 g/mol. The number of carbonyl (C=O) groups excluding carboxylic acids is 1. The molecule has 1 amide bonds. The van der Waals surface area contributed by atoms with E-state index in [1.165, 1.54) is 18.1 Å². The van der Waals surface area contributed by atoms with Gasteiger partial charge in [-0.1, -0.05) is 12.1 Å². The van der Waals surface area contributed by atoms with Gasteiger partial charge in [-0.25, -0.2) is 27.4 Å². The largest absolute Gasteiger partial charge is 0.480 e. The van der Waals surface area contributed by atoms with Gasteiger partial charge < -0.3 is 25.0 Å². The quantitative estimate of drug-likeness (QED) is 0.323. The van der Waals surface area contributed by atoms with E-state index in [1.807, 2.05) is 18.7 Å². The molecule has 0 unspecified atom stereocenters. The number of nitrogens with zero attached hydrogens (tertiary/aromatic N) is 5. The number of carbonyl (C=O) groups is 2. The fourth-order valence-corrected chi connectivity index (χ4v) is 4.93. The van der Waals surface area contributed by atoms with Crippen LogP contribution in [0.1, 0.15) is 19.4 Å². The Morgan fingerprint density at radius 3 is 2.17 bits per heavy atom. The zero-order valence-electron chi connectivity index (χ0n) is 23.4. The number of ether oxygens (including phenoxy) is 1. The second-order valence-corrected chi connectivity index (χ2v) is 11.1. The third kappa shape index (κ3) is 7.60. The maximum absolute atomic E-state index is 13.4. The molecule has 41 heavy (non-hydrogen) atoms. The topological polar surface area (TPSA) is 145 Å². The van der Waals surface area contributed by atoms with Gasteiger partial charge in [0, 0.05) is 40.7 Å². The molecule has 0 spiro atoms. The molecule has 2 N–H and O–H groups in total. The molecule has 0 aliphatic heterocycles. The highest BCUT2D eigenvalue weighted by Crippen LogP contribution is 2.30. The van der Waals surface area contributed by atoms with Crippen molar-refractivity contribution in [1.29, 1.82) is 0 Å². The van der Waals surface area contributed by atoms with Gasteiger partial charge in [0.25, 0.3) is 10.0 Å². The van der Waals surface area contributed by atoms with E-state index in [0.29, 0.717) is 24.4 Å². The van der Waals surface area contributed by atoms with Gasteiger partial charge in [0.2, 0.25) is 5.95 Å². The summed E-state index contributed by atoms with van der Waals surface area (Å²) in [6, 6.07) is 9.48. The summed E-state index contributed by atoms with van der Waals surface area (Å²) in [5, 5.41) is 12.9. The predicted octanol–water partition coefficient (Wildman–Crippen LogP) is 3.46. The molecular weight excluding hydrogens is 555 g/mol. The first-order valence-corrected chi connectivity index (χ1v) is 14.1. The fraction of sp³-hybridized carbons (Fsp3) is 0.333. The molecule has 1 atom stereocenters. The highest BCUT2D eigenvalue weighted by molar-refractivity contribution is 7.92. The number of hydrogen-bond acceptors (Lipinski definition) is 9. The summed E-state index contributed by atoms with van der Waals surface area (Å²) in [4.78, 5) is 35.8. The van der Waals surface area contributed by atoms with Crippen molar-refractivity contribution in [3.05, 3.63) is 66.1 Å². The highest BCUT2D eigenvalue weighted by Gasteiger charge is 2.28. The standard InChI is InChI=1S/C27H33FN6O6S/c1-6-34(7-2)26-29-17-23(33(5)41(38,39)21-14-10-19(28)11-15-21)24(31-26)30-22(25(35)36)16-18-8-12-20(13-9-18)40-27(37)32(3)4/h8-15,17,22H,6-7,16H2,1-5H3,(H,35,36)(H,29,30,31)/t22-/m0/s1. The number of benzene rings is 2. The van der Waals surface area contributed by atoms with E-state index >= 15 is 0 Å². The number of carboxylic acid groups (broad SMARTS) is 1. The average Bonchev–Trinajstić information content (AvgIpc) is 2.94. The Balaban J connectivity index is 1.96. The number of nitrogens with one attached hydrogen (secondary N) is 1. The second kappa shape index (κ2) is 13.3. The number of aliphatic carboxylic acids is 1. The summed E-state index contributed by atoms with van der Waals surface area (Å²) in [6.45, 7) is 4.93. The summed E-state index contributed by atoms with van der Waals surface area (Å²) >= 11 is 0. The number of anilines is 3. The molecule has 3 rings (SSSR count). The zero-order chi connectivity index (χ0) is 30.3. The van der Waals surface area contributed by atoms with Crippen LogP contribution in [-0.4, -0.2) is 80.7 Å². The van der Waals surface area contributed by atoms with Gasteiger partial charge in [0.05, 0.1) is 11.1 Å². The van der Waals surface area contributed by atoms with E-state index in [-0.39, 0.29) is 28.8 Å². The van der Waals surface area contributed by atoms with E-state index in [9.17, 15) is 27.5 Å². The predicted molar refractivity (Wildman–Crippen MR) is 152 cm³/mol. The monoisotopic (exact) mass is 588 g/mol. The minimum Gasteiger partial charge on any atom is -0.480 e. The van der Waals surface area contributed by atoms with E-state index in [2.05, 4.69) is 15.3 Å². The summed E-state index contributed by atoms with van der Waals surface area (Å²) < 4.78 is 46.2. The van der Waals surface area contributed by atoms with E-state index in [0.717, 1.165) is 28.6 Å². The molecule has 0 radical (unpaired) electrons. The van der Waals surface area contributed by atoms with Gasteiger partial charge in [-0.3, -0.25) is 4.31 Å². The van der Waals surface area contributed by atoms with Crippen LogP contribution in [0.3, 0.4) is 0 Å². The number of rotatable bonds is 12. The summed E-state index contributed by atoms with van der Waals surface area (Å²) in [7, 11) is 0.212. The SMILES string of the molecule is CCN(CC)c1ncc(N(C)S(=O)(=O)c2ccc(F)cc2)c(N[C@@H](Cc2ccc(OC(=O)N(C)C)cc2)C(=O)O)n1. The molecule has 0 bridgehead atoms. The Morgan fingerprint density at radius 1 is 1.02 bits per heavy atom. The Morgan fingerprint density at radius 2 is 1.63 bits per heavy atom. The van der Waals surface area contributed by atoms with Crippen molar-refractivity contribution < 1.29 is 32.2 Å². The van der Waals surface area contributed by atoms with Crippen molar-refractivity contribution in [3.63, 3.8) is 0 Å². The van der Waals surface area contributed by atoms with Crippen molar-refractivity contribution in [3.8, 4) is 5.75 Å². The molecule has 0 aliphatic rings. The van der Waals surface area contributed by atoms with Crippen molar-refractivity contribution >= 4 is 39.5 Å². The first-order chi connectivity index (χ1) is 19.4. The van der Waals surface area contributed by atoms with E-state index in [4.69, 9.17) is 4.74 Å². The summed E-state index contributed by atoms with van der Waals surface area (Å²) in [5.41, 5.74) is 0.615. The fourth-order valence-electron chi connectivity index (χ4n) is 3.74. The lowest BCUT2D eigenvalue weighted by atomic mass is 10.1. The third-order valence-corrected chi connectivity index (χ3v) is 7.94. The number of hydrogen-bond donors (Lipinski definition) is 2. The molecule has 1 aromatic heterocycles. The molecule has 0 saturated heterocycles. The number of amides is 1. The number of aromatic nitrogens is 2. The first kappa shape index (κ1) is 31.1. The van der Waals surface area contributed by atoms with Gasteiger partial charge in [-0.05, 0) is 55.8 Å². The number of halogens is 1. The highest BCUT2D eigenvalue weighted by atomic mass is 32.2. The molecule has 0 aliphatic carbocycles. The molecule has 14 heteroatoms. The van der Waals surface area contributed by atoms with Crippen LogP contribution >= 0.6 is 0 Å². The maximum Gasteiger partial charge on any atom is 0.414 e. The molecule has 220 valence electrons. The van der Waals surface area contributed by atoms with E-state index < -0.39 is 33.9 Å². The summed E-state index contributed by atoms with van der Waals surface area (Å²) in [5.74, 6) is -1.23. The minimum absolute atomic E-state index is 0.00225. The smallest absolute Gasteiger partial charge is 0.414 e. The zero-order valence-corrected chi connectivity index (χ0v) is 24.2. The normalized spacial score (nSPS) is 11.9.